The van der Waals surface area contributed by atoms with Gasteiger partial charge in [0.05, 0.1) is 52.7 Å². The minimum atomic E-state index is -0.381. The van der Waals surface area contributed by atoms with Crippen molar-refractivity contribution in [1.29, 1.82) is 0 Å². The predicted octanol–water partition coefficient (Wildman–Crippen LogP) is 14.8. The monoisotopic (exact) mass is 1080 g/mol. The Morgan fingerprint density at radius 3 is 1.47 bits per heavy atom. The highest BCUT2D eigenvalue weighted by Crippen LogP contribution is 2.34. The zero-order valence-corrected chi connectivity index (χ0v) is 39.7. The number of imide groups is 1. The zero-order valence-electron chi connectivity index (χ0n) is 33.4. The molecule has 0 unspecified atom stereocenters. The summed E-state index contributed by atoms with van der Waals surface area (Å²) >= 11 is 22.4. The standard InChI is InChI=1S/C24H14BrFN2O2.C16H10BrClFN.C10H7BrClNO/c25-20-10-4-6-14-11-16(21(27-22(14)20)15-5-3-7-17(26)12-15)13-28-23(29)18-8-1-2-9-19(18)24(28)30;17-14-6-2-4-10-7-12(9-18)15(20-16(10)14)11-3-1-5-13(19)8-11;1-14-8-5-6-3-2-4-7(11)9(6)13-10(8)12/h1-12H,13H2;1-8H,9H2;2-5H,1H3. The topological polar surface area (TPSA) is 85.3 Å². The van der Waals surface area contributed by atoms with Crippen LogP contribution in [0.5, 0.6) is 5.75 Å². The molecule has 0 saturated heterocycles. The van der Waals surface area contributed by atoms with Crippen molar-refractivity contribution >= 4 is 116 Å². The molecular formula is C50H31Br3Cl2F2N4O3. The fourth-order valence-electron chi connectivity index (χ4n) is 7.22. The lowest BCUT2D eigenvalue weighted by Crippen LogP contribution is -2.29. The van der Waals surface area contributed by atoms with Crippen LogP contribution in [0.2, 0.25) is 5.15 Å². The molecule has 0 radical (unpaired) electrons. The Hall–Kier alpha value is -5.63. The number of amides is 2. The summed E-state index contributed by atoms with van der Waals surface area (Å²) in [5, 5.41) is 3.25. The number of alkyl halides is 1. The van der Waals surface area contributed by atoms with E-state index in [0.717, 1.165) is 62.9 Å². The van der Waals surface area contributed by atoms with Crippen molar-refractivity contribution in [3.8, 4) is 28.3 Å². The molecule has 14 heteroatoms. The highest BCUT2D eigenvalue weighted by atomic mass is 79.9. The van der Waals surface area contributed by atoms with E-state index in [0.29, 0.717) is 44.7 Å². The molecule has 4 heterocycles. The summed E-state index contributed by atoms with van der Waals surface area (Å²) in [6.45, 7) is 0.0493. The zero-order chi connectivity index (χ0) is 45.1. The first-order valence-electron chi connectivity index (χ1n) is 19.4. The van der Waals surface area contributed by atoms with Gasteiger partial charge in [0, 0.05) is 46.6 Å². The third-order valence-electron chi connectivity index (χ3n) is 10.2. The maximum absolute atomic E-state index is 13.9. The maximum atomic E-state index is 13.9. The van der Waals surface area contributed by atoms with Gasteiger partial charge in [0.2, 0.25) is 0 Å². The van der Waals surface area contributed by atoms with Gasteiger partial charge >= 0.3 is 0 Å². The van der Waals surface area contributed by atoms with Crippen LogP contribution in [0.1, 0.15) is 31.8 Å². The number of ether oxygens (including phenoxy) is 1. The van der Waals surface area contributed by atoms with E-state index in [1.54, 1.807) is 49.6 Å². The van der Waals surface area contributed by atoms with Crippen LogP contribution in [0.15, 0.2) is 159 Å². The molecule has 6 aromatic carbocycles. The van der Waals surface area contributed by atoms with Crippen LogP contribution < -0.4 is 4.74 Å². The average Bonchev–Trinajstić information content (AvgIpc) is 3.54. The molecule has 0 atom stereocenters. The number of rotatable bonds is 6. The van der Waals surface area contributed by atoms with Crippen molar-refractivity contribution < 1.29 is 23.1 Å². The van der Waals surface area contributed by atoms with Crippen LogP contribution in [-0.2, 0) is 12.4 Å². The number of carbonyl (C=O) groups excluding carboxylic acids is 2. The van der Waals surface area contributed by atoms with Crippen LogP contribution >= 0.6 is 71.0 Å². The molecule has 64 heavy (non-hydrogen) atoms. The molecule has 3 aromatic heterocycles. The Morgan fingerprint density at radius 2 is 1.00 bits per heavy atom. The Labute approximate surface area is 401 Å². The summed E-state index contributed by atoms with van der Waals surface area (Å²) in [6.07, 6.45) is 0. The number of pyridine rings is 3. The molecule has 0 fully saturated rings. The molecule has 7 nitrogen and oxygen atoms in total. The molecule has 10 rings (SSSR count). The van der Waals surface area contributed by atoms with Crippen LogP contribution in [0.25, 0.3) is 55.2 Å². The van der Waals surface area contributed by atoms with Crippen LogP contribution in [0, 0.1) is 11.6 Å². The van der Waals surface area contributed by atoms with Crippen molar-refractivity contribution in [2.45, 2.75) is 12.4 Å². The van der Waals surface area contributed by atoms with E-state index in [9.17, 15) is 18.4 Å². The average molecular weight is 1080 g/mol. The van der Waals surface area contributed by atoms with E-state index in [1.165, 1.54) is 29.2 Å². The van der Waals surface area contributed by atoms with Crippen molar-refractivity contribution in [3.63, 3.8) is 0 Å². The minimum absolute atomic E-state index is 0.0493. The number of para-hydroxylation sites is 3. The lowest BCUT2D eigenvalue weighted by molar-refractivity contribution is 0.0642. The highest BCUT2D eigenvalue weighted by molar-refractivity contribution is 9.11. The lowest BCUT2D eigenvalue weighted by Gasteiger charge is -2.18. The van der Waals surface area contributed by atoms with E-state index < -0.39 is 0 Å². The second-order valence-corrected chi connectivity index (χ2v) is 17.5. The van der Waals surface area contributed by atoms with Gasteiger partial charge in [0.25, 0.3) is 11.8 Å². The van der Waals surface area contributed by atoms with Gasteiger partial charge in [-0.05, 0) is 132 Å². The van der Waals surface area contributed by atoms with Crippen molar-refractivity contribution in [1.82, 2.24) is 19.9 Å². The van der Waals surface area contributed by atoms with E-state index in [1.807, 2.05) is 78.9 Å². The molecule has 0 saturated carbocycles. The molecular weight excluding hydrogens is 1050 g/mol. The lowest BCUT2D eigenvalue weighted by atomic mass is 10.0. The summed E-state index contributed by atoms with van der Waals surface area (Å²) in [5.41, 5.74) is 7.34. The largest absolute Gasteiger partial charge is 0.494 e. The first-order valence-corrected chi connectivity index (χ1v) is 22.7. The number of halogens is 7. The van der Waals surface area contributed by atoms with Gasteiger partial charge in [0.15, 0.2) is 10.9 Å². The maximum Gasteiger partial charge on any atom is 0.261 e. The van der Waals surface area contributed by atoms with Crippen LogP contribution in [0.4, 0.5) is 8.78 Å². The second kappa shape index (κ2) is 19.6. The molecule has 1 aliphatic heterocycles. The van der Waals surface area contributed by atoms with E-state index >= 15 is 0 Å². The van der Waals surface area contributed by atoms with Crippen molar-refractivity contribution in [2.24, 2.45) is 0 Å². The first kappa shape index (κ1) is 45.0. The number of nitrogens with zero attached hydrogens (tertiary/aromatic N) is 4. The third-order valence-corrected chi connectivity index (χ3v) is 12.7. The van der Waals surface area contributed by atoms with Crippen molar-refractivity contribution in [3.05, 3.63) is 198 Å². The number of aromatic nitrogens is 3. The summed E-state index contributed by atoms with van der Waals surface area (Å²) in [7, 11) is 1.58. The number of methoxy groups -OCH3 is 1. The first-order chi connectivity index (χ1) is 30.9. The van der Waals surface area contributed by atoms with Crippen molar-refractivity contribution in [2.75, 3.05) is 7.11 Å². The Kier molecular flexibility index (Phi) is 13.8. The van der Waals surface area contributed by atoms with E-state index in [-0.39, 0.29) is 30.0 Å². The molecule has 9 aromatic rings. The fourth-order valence-corrected chi connectivity index (χ4v) is 9.05. The SMILES string of the molecule is COc1cc2cccc(Br)c2nc1Cl.Fc1cccc(-c2nc3c(Br)cccc3cc2CCl)c1.O=C1c2ccccc2C(=O)N1Cc1cc2cccc(Br)c2nc1-c1cccc(F)c1. The predicted molar refractivity (Wildman–Crippen MR) is 261 cm³/mol. The number of benzene rings is 6. The van der Waals surface area contributed by atoms with Gasteiger partial charge in [-0.15, -0.1) is 11.6 Å². The molecule has 0 spiro atoms. The summed E-state index contributed by atoms with van der Waals surface area (Å²) in [6, 6.07) is 42.5. The van der Waals surface area contributed by atoms with E-state index in [4.69, 9.17) is 32.9 Å². The van der Waals surface area contributed by atoms with Gasteiger partial charge in [-0.1, -0.05) is 84.4 Å². The fraction of sp³-hybridized carbons (Fsp3) is 0.0600. The number of hydrogen-bond donors (Lipinski definition) is 0. The molecule has 0 aliphatic carbocycles. The number of hydrogen-bond acceptors (Lipinski definition) is 6. The number of carbonyl (C=O) groups is 2. The quantitative estimate of drug-likeness (QED) is 0.0937. The van der Waals surface area contributed by atoms with Crippen LogP contribution in [-0.4, -0.2) is 38.8 Å². The summed E-state index contributed by atoms with van der Waals surface area (Å²) < 4.78 is 35.1. The Bertz CT molecular complexity index is 3250. The highest BCUT2D eigenvalue weighted by Gasteiger charge is 2.35. The second-order valence-electron chi connectivity index (χ2n) is 14.3. The molecule has 318 valence electrons. The minimum Gasteiger partial charge on any atom is -0.494 e. The normalized spacial score (nSPS) is 11.9. The summed E-state index contributed by atoms with van der Waals surface area (Å²) in [5.74, 6) is -0.408. The van der Waals surface area contributed by atoms with E-state index in [2.05, 4.69) is 57.8 Å². The smallest absolute Gasteiger partial charge is 0.261 e. The Morgan fingerprint density at radius 1 is 0.562 bits per heavy atom. The molecule has 1 aliphatic rings. The molecule has 0 bridgehead atoms. The van der Waals surface area contributed by atoms with Gasteiger partial charge in [-0.3, -0.25) is 14.5 Å². The molecule has 0 N–H and O–H groups in total. The number of fused-ring (bicyclic) bond motifs is 4. The molecule has 2 amide bonds. The van der Waals surface area contributed by atoms with Crippen LogP contribution in [0.3, 0.4) is 0 Å². The third kappa shape index (κ3) is 9.43. The van der Waals surface area contributed by atoms with Gasteiger partial charge < -0.3 is 4.74 Å². The van der Waals surface area contributed by atoms with Gasteiger partial charge in [-0.25, -0.2) is 23.7 Å². The van der Waals surface area contributed by atoms with Gasteiger partial charge in [0.1, 0.15) is 11.6 Å². The Balaban J connectivity index is 0.000000142. The summed E-state index contributed by atoms with van der Waals surface area (Å²) in [4.78, 5) is 40.6. The van der Waals surface area contributed by atoms with Gasteiger partial charge in [-0.2, -0.15) is 0 Å².